The molecule has 2 saturated heterocycles. The van der Waals surface area contributed by atoms with Gasteiger partial charge in [0.1, 0.15) is 23.9 Å². The van der Waals surface area contributed by atoms with Gasteiger partial charge in [0.15, 0.2) is 12.6 Å². The summed E-state index contributed by atoms with van der Waals surface area (Å²) < 4.78 is 43.9. The minimum atomic E-state index is -1.77. The van der Waals surface area contributed by atoms with Crippen molar-refractivity contribution >= 4 is 11.9 Å². The minimum Gasteiger partial charge on any atom is -0.459 e. The monoisotopic (exact) mass is 805 g/mol. The minimum absolute atomic E-state index is 0.0854. The van der Waals surface area contributed by atoms with Crippen LogP contribution < -0.4 is 0 Å². The quantitative estimate of drug-likeness (QED) is 0.139. The number of aliphatic hydroxyl groups is 3. The van der Waals surface area contributed by atoms with Crippen LogP contribution in [0.4, 0.5) is 0 Å². The normalized spacial score (nSPS) is 32.1. The average molecular weight is 805 g/mol. The lowest BCUT2D eigenvalue weighted by atomic mass is 9.78. The smallest absolute Gasteiger partial charge is 0.311 e. The van der Waals surface area contributed by atoms with Gasteiger partial charge in [0.2, 0.25) is 0 Å². The number of carbonyl (C=O) groups excluding carboxylic acids is 2. The molecule has 3 N–H and O–H groups in total. The van der Waals surface area contributed by atoms with E-state index in [4.69, 9.17) is 33.2 Å². The van der Waals surface area contributed by atoms with Gasteiger partial charge in [-0.15, -0.1) is 0 Å². The maximum Gasteiger partial charge on any atom is 0.311 e. The zero-order valence-electron chi connectivity index (χ0n) is 37.7. The molecule has 0 spiro atoms. The number of rotatable bonds is 21. The number of hydrogen-bond acceptors (Lipinski definition) is 14. The van der Waals surface area contributed by atoms with Gasteiger partial charge in [0, 0.05) is 44.4 Å². The third-order valence-electron chi connectivity index (χ3n) is 12.2. The van der Waals surface area contributed by atoms with Gasteiger partial charge >= 0.3 is 11.9 Å². The average Bonchev–Trinajstić information content (AvgIpc) is 3.10. The fourth-order valence-corrected chi connectivity index (χ4v) is 8.55. The Kier molecular flexibility index (Phi) is 19.2. The highest BCUT2D eigenvalue weighted by molar-refractivity contribution is 5.73. The standard InChI is InChI=1S/C42H80N2O12/c1-18-31(42(12,49)38(28(8)43(13)14)54-32(45)19-2)53-39(47)27(7)35(55-34-23-41(11,50-17)36(46)29(9)52-34)26(6)37(40(10,48)22-24(3)4)56-33-21-30(44(15)16)20-25(5)51-33/h24-31,33-38,46,48-49H,18-23H2,1-17H3/t25-,26+,27-,28-,29+,30?,31-,33+,34+,35+,36+,37-,38-,40?,41-,42-/m1/s1. The predicted molar refractivity (Wildman–Crippen MR) is 214 cm³/mol. The van der Waals surface area contributed by atoms with Crippen molar-refractivity contribution in [1.82, 2.24) is 9.80 Å². The van der Waals surface area contributed by atoms with Crippen LogP contribution in [-0.4, -0.2) is 157 Å². The number of nitrogens with zero attached hydrogens (tertiary/aromatic N) is 2. The molecule has 16 atom stereocenters. The first kappa shape index (κ1) is 50.7. The number of carbonyl (C=O) groups is 2. The van der Waals surface area contributed by atoms with E-state index >= 15 is 0 Å². The number of ether oxygens (including phenoxy) is 7. The molecule has 0 aromatic carbocycles. The highest BCUT2D eigenvalue weighted by Gasteiger charge is 2.52. The Hall–Kier alpha value is -1.46. The van der Waals surface area contributed by atoms with E-state index in [0.717, 1.165) is 6.42 Å². The highest BCUT2D eigenvalue weighted by atomic mass is 16.7. The Morgan fingerprint density at radius 1 is 0.911 bits per heavy atom. The van der Waals surface area contributed by atoms with Crippen molar-refractivity contribution in [2.24, 2.45) is 17.8 Å². The first-order valence-corrected chi connectivity index (χ1v) is 20.8. The van der Waals surface area contributed by atoms with Crippen LogP contribution in [0.3, 0.4) is 0 Å². The van der Waals surface area contributed by atoms with Gasteiger partial charge in [-0.05, 0) is 102 Å². The summed E-state index contributed by atoms with van der Waals surface area (Å²) in [4.78, 5) is 31.0. The number of aliphatic hydroxyl groups excluding tert-OH is 1. The Bertz CT molecular complexity index is 1220. The molecule has 2 heterocycles. The van der Waals surface area contributed by atoms with E-state index in [1.165, 1.54) is 14.0 Å². The van der Waals surface area contributed by atoms with Gasteiger partial charge in [0.25, 0.3) is 0 Å². The Morgan fingerprint density at radius 2 is 1.52 bits per heavy atom. The second-order valence-corrected chi connectivity index (χ2v) is 18.2. The lowest BCUT2D eigenvalue weighted by Gasteiger charge is -2.48. The van der Waals surface area contributed by atoms with Gasteiger partial charge in [-0.1, -0.05) is 34.6 Å². The van der Waals surface area contributed by atoms with Gasteiger partial charge < -0.3 is 58.3 Å². The second-order valence-electron chi connectivity index (χ2n) is 18.2. The summed E-state index contributed by atoms with van der Waals surface area (Å²) in [6.45, 7) is 21.7. The SMILES string of the molecule is CCC(=O)O[C@H]([C@@H](C)N(C)C)[C@](C)(O)[C@@H](CC)OC(=O)[C@H](C)[C@@H](O[C@H]1C[C@@](C)(OC)[C@@H](O)[C@H](C)O1)[C@H](C)[C@@H](O[C@H]1CC(N(C)C)C[C@@H](C)O1)C(C)(O)CC(C)C. The molecular formula is C42H80N2O12. The third-order valence-corrected chi connectivity index (χ3v) is 12.2. The maximum atomic E-state index is 14.5. The Morgan fingerprint density at radius 3 is 2.02 bits per heavy atom. The van der Waals surface area contributed by atoms with Crippen LogP contribution in [0, 0.1) is 17.8 Å². The molecule has 2 aliphatic rings. The number of hydrogen-bond donors (Lipinski definition) is 3. The van der Waals surface area contributed by atoms with Crippen molar-refractivity contribution in [3.8, 4) is 0 Å². The molecule has 56 heavy (non-hydrogen) atoms. The van der Waals surface area contributed by atoms with Crippen LogP contribution in [0.1, 0.15) is 122 Å². The molecule has 2 rings (SSSR count). The zero-order chi connectivity index (χ0) is 43.1. The topological polar surface area (TPSA) is 166 Å². The van der Waals surface area contributed by atoms with Gasteiger partial charge in [-0.25, -0.2) is 0 Å². The lowest BCUT2D eigenvalue weighted by Crippen LogP contribution is -2.60. The van der Waals surface area contributed by atoms with E-state index in [1.807, 2.05) is 67.7 Å². The van der Waals surface area contributed by atoms with Crippen molar-refractivity contribution in [3.63, 3.8) is 0 Å². The van der Waals surface area contributed by atoms with Gasteiger partial charge in [-0.3, -0.25) is 9.59 Å². The van der Waals surface area contributed by atoms with Crippen LogP contribution in [0.5, 0.6) is 0 Å². The summed E-state index contributed by atoms with van der Waals surface area (Å²) >= 11 is 0. The predicted octanol–water partition coefficient (Wildman–Crippen LogP) is 4.53. The zero-order valence-corrected chi connectivity index (χ0v) is 37.7. The van der Waals surface area contributed by atoms with Crippen LogP contribution in [0.25, 0.3) is 0 Å². The maximum absolute atomic E-state index is 14.5. The van der Waals surface area contributed by atoms with Crippen LogP contribution in [0.15, 0.2) is 0 Å². The van der Waals surface area contributed by atoms with E-state index in [1.54, 1.807) is 41.5 Å². The molecule has 14 heteroatoms. The fourth-order valence-electron chi connectivity index (χ4n) is 8.55. The van der Waals surface area contributed by atoms with Crippen molar-refractivity contribution in [3.05, 3.63) is 0 Å². The van der Waals surface area contributed by atoms with E-state index < -0.39 is 95.8 Å². The summed E-state index contributed by atoms with van der Waals surface area (Å²) in [7, 11) is 9.22. The van der Waals surface area contributed by atoms with Gasteiger partial charge in [0.05, 0.1) is 41.5 Å². The number of likely N-dealkylation sites (N-methyl/N-ethyl adjacent to an activating group) is 1. The van der Waals surface area contributed by atoms with Crippen molar-refractivity contribution < 1.29 is 58.1 Å². The fraction of sp³-hybridized carbons (Fsp3) is 0.952. The third kappa shape index (κ3) is 13.0. The number of esters is 2. The second kappa shape index (κ2) is 21.2. The highest BCUT2D eigenvalue weighted by Crippen LogP contribution is 2.39. The van der Waals surface area contributed by atoms with E-state index in [2.05, 4.69) is 4.90 Å². The summed E-state index contributed by atoms with van der Waals surface area (Å²) in [5.74, 6) is -2.69. The summed E-state index contributed by atoms with van der Waals surface area (Å²) in [5, 5.41) is 35.3. The molecule has 0 aromatic rings. The Balaban J connectivity index is 2.64. The van der Waals surface area contributed by atoms with Crippen LogP contribution >= 0.6 is 0 Å². The molecule has 0 bridgehead atoms. The molecule has 0 radical (unpaired) electrons. The van der Waals surface area contributed by atoms with Crippen molar-refractivity contribution in [2.45, 2.75) is 206 Å². The molecule has 14 nitrogen and oxygen atoms in total. The van der Waals surface area contributed by atoms with Crippen LogP contribution in [0.2, 0.25) is 0 Å². The van der Waals surface area contributed by atoms with E-state index in [-0.39, 0.29) is 37.3 Å². The lowest BCUT2D eigenvalue weighted by molar-refractivity contribution is -0.308. The van der Waals surface area contributed by atoms with E-state index in [9.17, 15) is 24.9 Å². The molecule has 2 fully saturated rings. The summed E-state index contributed by atoms with van der Waals surface area (Å²) in [6.07, 6.45) is -4.88. The molecule has 2 unspecified atom stereocenters. The van der Waals surface area contributed by atoms with Crippen molar-refractivity contribution in [1.29, 1.82) is 0 Å². The molecule has 0 aromatic heterocycles. The molecule has 2 aliphatic heterocycles. The summed E-state index contributed by atoms with van der Waals surface area (Å²) in [5.41, 5.74) is -4.17. The largest absolute Gasteiger partial charge is 0.459 e. The van der Waals surface area contributed by atoms with Crippen molar-refractivity contribution in [2.75, 3.05) is 35.3 Å². The molecule has 0 saturated carbocycles. The van der Waals surface area contributed by atoms with E-state index in [0.29, 0.717) is 12.8 Å². The molecular weight excluding hydrogens is 724 g/mol. The first-order valence-electron chi connectivity index (χ1n) is 20.8. The summed E-state index contributed by atoms with van der Waals surface area (Å²) in [6, 6.07) is -0.226. The van der Waals surface area contributed by atoms with Gasteiger partial charge in [-0.2, -0.15) is 0 Å². The number of methoxy groups -OCH3 is 1. The molecule has 0 amide bonds. The Labute approximate surface area is 338 Å². The van der Waals surface area contributed by atoms with Crippen LogP contribution in [-0.2, 0) is 42.7 Å². The first-order chi connectivity index (χ1) is 25.8. The molecule has 330 valence electrons. The molecule has 0 aliphatic carbocycles.